The van der Waals surface area contributed by atoms with Crippen LogP contribution in [-0.4, -0.2) is 12.7 Å². The second-order valence-electron chi connectivity index (χ2n) is 3.39. The van der Waals surface area contributed by atoms with Gasteiger partial charge in [0.2, 0.25) is 0 Å². The van der Waals surface area contributed by atoms with Crippen molar-refractivity contribution < 1.29 is 4.74 Å². The predicted molar refractivity (Wildman–Crippen MR) is 54.6 cm³/mol. The van der Waals surface area contributed by atoms with Crippen LogP contribution in [0.3, 0.4) is 0 Å². The van der Waals surface area contributed by atoms with Gasteiger partial charge in [-0.3, -0.25) is 0 Å². The van der Waals surface area contributed by atoms with Crippen LogP contribution in [-0.2, 0) is 11.2 Å². The Hall–Kier alpha value is -1.08. The lowest BCUT2D eigenvalue weighted by Gasteiger charge is -2.26. The fourth-order valence-electron chi connectivity index (χ4n) is 1.61. The minimum atomic E-state index is 0.445. The van der Waals surface area contributed by atoms with Crippen molar-refractivity contribution in [1.82, 2.24) is 0 Å². The van der Waals surface area contributed by atoms with Gasteiger partial charge in [-0.1, -0.05) is 36.9 Å². The van der Waals surface area contributed by atoms with Crippen molar-refractivity contribution in [2.45, 2.75) is 18.9 Å². The first kappa shape index (κ1) is 8.52. The molecule has 1 nitrogen and oxygen atoms in total. The number of hydrogen-bond donors (Lipinski definition) is 0. The molecule has 1 atom stereocenters. The molecule has 13 heavy (non-hydrogen) atoms. The monoisotopic (exact) mass is 174 g/mol. The molecule has 1 fully saturated rings. The highest BCUT2D eigenvalue weighted by Crippen LogP contribution is 2.19. The van der Waals surface area contributed by atoms with Gasteiger partial charge in [0, 0.05) is 6.61 Å². The van der Waals surface area contributed by atoms with Crippen molar-refractivity contribution in [2.75, 3.05) is 6.61 Å². The summed E-state index contributed by atoms with van der Waals surface area (Å²) in [7, 11) is 0. The van der Waals surface area contributed by atoms with Crippen molar-refractivity contribution in [3.63, 3.8) is 0 Å². The molecule has 1 aliphatic heterocycles. The summed E-state index contributed by atoms with van der Waals surface area (Å²) in [6.07, 6.45) is 4.59. The van der Waals surface area contributed by atoms with Gasteiger partial charge in [-0.2, -0.15) is 0 Å². The van der Waals surface area contributed by atoms with Gasteiger partial charge in [0.15, 0.2) is 0 Å². The average Bonchev–Trinajstić information content (AvgIpc) is 2.12. The summed E-state index contributed by atoms with van der Waals surface area (Å²) in [5.74, 6) is 0. The van der Waals surface area contributed by atoms with Crippen LogP contribution in [0, 0.1) is 0 Å². The Balaban J connectivity index is 2.12. The molecule has 0 aromatic heterocycles. The normalized spacial score (nSPS) is 20.8. The average molecular weight is 174 g/mol. The summed E-state index contributed by atoms with van der Waals surface area (Å²) in [5, 5.41) is 0. The van der Waals surface area contributed by atoms with E-state index in [1.807, 2.05) is 12.1 Å². The summed E-state index contributed by atoms with van der Waals surface area (Å²) in [6, 6.07) is 8.36. The van der Waals surface area contributed by atoms with Gasteiger partial charge in [0.25, 0.3) is 0 Å². The second kappa shape index (κ2) is 3.75. The summed E-state index contributed by atoms with van der Waals surface area (Å²) < 4.78 is 5.40. The third-order valence-electron chi connectivity index (χ3n) is 2.52. The summed E-state index contributed by atoms with van der Waals surface area (Å²) in [6.45, 7) is 4.73. The summed E-state index contributed by atoms with van der Waals surface area (Å²) >= 11 is 0. The summed E-state index contributed by atoms with van der Waals surface area (Å²) in [4.78, 5) is 0. The van der Waals surface area contributed by atoms with E-state index in [4.69, 9.17) is 4.74 Å². The molecule has 1 unspecified atom stereocenters. The molecular formula is C12H14O. The first-order valence-electron chi connectivity index (χ1n) is 4.72. The van der Waals surface area contributed by atoms with Crippen molar-refractivity contribution in [2.24, 2.45) is 0 Å². The Labute approximate surface area is 79.0 Å². The Morgan fingerprint density at radius 3 is 2.85 bits per heavy atom. The zero-order valence-electron chi connectivity index (χ0n) is 7.70. The van der Waals surface area contributed by atoms with Gasteiger partial charge in [0.1, 0.15) is 0 Å². The van der Waals surface area contributed by atoms with E-state index in [0.717, 1.165) is 13.0 Å². The minimum absolute atomic E-state index is 0.445. The number of rotatable bonds is 3. The molecule has 1 aliphatic rings. The van der Waals surface area contributed by atoms with E-state index in [2.05, 4.69) is 24.8 Å². The quantitative estimate of drug-likeness (QED) is 0.684. The van der Waals surface area contributed by atoms with Gasteiger partial charge in [0.05, 0.1) is 6.10 Å². The third kappa shape index (κ3) is 1.81. The fourth-order valence-corrected chi connectivity index (χ4v) is 1.61. The van der Waals surface area contributed by atoms with Gasteiger partial charge in [-0.05, 0) is 24.0 Å². The van der Waals surface area contributed by atoms with Crippen LogP contribution < -0.4 is 0 Å². The van der Waals surface area contributed by atoms with E-state index in [-0.39, 0.29) is 0 Å². The second-order valence-corrected chi connectivity index (χ2v) is 3.39. The lowest BCUT2D eigenvalue weighted by atomic mass is 9.98. The highest BCUT2D eigenvalue weighted by Gasteiger charge is 2.18. The molecule has 0 N–H and O–H groups in total. The Bertz CT molecular complexity index is 300. The van der Waals surface area contributed by atoms with Crippen molar-refractivity contribution in [1.29, 1.82) is 0 Å². The molecule has 0 bridgehead atoms. The van der Waals surface area contributed by atoms with Crippen LogP contribution in [0.2, 0.25) is 0 Å². The Morgan fingerprint density at radius 2 is 2.23 bits per heavy atom. The molecule has 1 aromatic rings. The van der Waals surface area contributed by atoms with Crippen LogP contribution in [0.25, 0.3) is 6.08 Å². The minimum Gasteiger partial charge on any atom is -0.378 e. The zero-order chi connectivity index (χ0) is 9.10. The molecule has 1 heteroatoms. The lowest BCUT2D eigenvalue weighted by Crippen LogP contribution is -2.28. The first-order chi connectivity index (χ1) is 6.40. The Morgan fingerprint density at radius 1 is 1.46 bits per heavy atom. The zero-order valence-corrected chi connectivity index (χ0v) is 7.70. The highest BCUT2D eigenvalue weighted by atomic mass is 16.5. The summed E-state index contributed by atoms with van der Waals surface area (Å²) in [5.41, 5.74) is 2.58. The number of benzene rings is 1. The smallest absolute Gasteiger partial charge is 0.0637 e. The van der Waals surface area contributed by atoms with Gasteiger partial charge < -0.3 is 4.74 Å². The van der Waals surface area contributed by atoms with E-state index < -0.39 is 0 Å². The molecule has 1 saturated heterocycles. The largest absolute Gasteiger partial charge is 0.378 e. The number of hydrogen-bond acceptors (Lipinski definition) is 1. The number of ether oxygens (including phenoxy) is 1. The third-order valence-corrected chi connectivity index (χ3v) is 2.52. The highest BCUT2D eigenvalue weighted by molar-refractivity contribution is 5.51. The van der Waals surface area contributed by atoms with E-state index in [9.17, 15) is 0 Å². The molecule has 0 spiro atoms. The molecular weight excluding hydrogens is 160 g/mol. The Kier molecular flexibility index (Phi) is 2.46. The van der Waals surface area contributed by atoms with Crippen LogP contribution in [0.15, 0.2) is 30.8 Å². The molecule has 68 valence electrons. The molecule has 0 saturated carbocycles. The van der Waals surface area contributed by atoms with E-state index >= 15 is 0 Å². The fraction of sp³-hybridized carbons (Fsp3) is 0.333. The van der Waals surface area contributed by atoms with E-state index in [1.165, 1.54) is 17.5 Å². The van der Waals surface area contributed by atoms with E-state index in [1.54, 1.807) is 0 Å². The van der Waals surface area contributed by atoms with Crippen molar-refractivity contribution in [3.8, 4) is 0 Å². The van der Waals surface area contributed by atoms with Crippen LogP contribution in [0.5, 0.6) is 0 Å². The SMILES string of the molecule is C=Cc1ccccc1CC1CCO1. The molecule has 0 amide bonds. The van der Waals surface area contributed by atoms with Gasteiger partial charge in [-0.25, -0.2) is 0 Å². The maximum absolute atomic E-state index is 5.40. The molecule has 1 aromatic carbocycles. The molecule has 0 aliphatic carbocycles. The van der Waals surface area contributed by atoms with Crippen molar-refractivity contribution >= 4 is 6.08 Å². The van der Waals surface area contributed by atoms with E-state index in [0.29, 0.717) is 6.10 Å². The van der Waals surface area contributed by atoms with Gasteiger partial charge >= 0.3 is 0 Å². The molecule has 2 rings (SSSR count). The lowest BCUT2D eigenvalue weighted by molar-refractivity contribution is -0.0491. The first-order valence-corrected chi connectivity index (χ1v) is 4.72. The standard InChI is InChI=1S/C12H14O/c1-2-10-5-3-4-6-11(10)9-12-7-8-13-12/h2-6,12H,1,7-9H2. The van der Waals surface area contributed by atoms with Crippen LogP contribution in [0.1, 0.15) is 17.5 Å². The van der Waals surface area contributed by atoms with Crippen LogP contribution in [0.4, 0.5) is 0 Å². The van der Waals surface area contributed by atoms with Crippen LogP contribution >= 0.6 is 0 Å². The topological polar surface area (TPSA) is 9.23 Å². The predicted octanol–water partition coefficient (Wildman–Crippen LogP) is 2.66. The maximum Gasteiger partial charge on any atom is 0.0637 e. The molecule has 1 heterocycles. The maximum atomic E-state index is 5.40. The van der Waals surface area contributed by atoms with Crippen molar-refractivity contribution in [3.05, 3.63) is 42.0 Å². The molecule has 0 radical (unpaired) electrons. The van der Waals surface area contributed by atoms with Gasteiger partial charge in [-0.15, -0.1) is 0 Å².